The average Bonchev–Trinajstić information content (AvgIpc) is 2.63. The summed E-state index contributed by atoms with van der Waals surface area (Å²) < 4.78 is 0. The molecule has 0 saturated heterocycles. The summed E-state index contributed by atoms with van der Waals surface area (Å²) in [5.41, 5.74) is 6.45. The molecular formula is C22H28ClN3O. The van der Waals surface area contributed by atoms with E-state index in [1.807, 2.05) is 44.4 Å². The lowest BCUT2D eigenvalue weighted by molar-refractivity contribution is 0.0954. The van der Waals surface area contributed by atoms with Crippen LogP contribution in [0.5, 0.6) is 0 Å². The fraction of sp³-hybridized carbons (Fsp3) is 0.273. The molecule has 0 bridgehead atoms. The number of rotatable bonds is 7. The summed E-state index contributed by atoms with van der Waals surface area (Å²) in [4.78, 5) is 14.4. The number of nitrogens with zero attached hydrogens (tertiary/aromatic N) is 2. The topological polar surface area (TPSA) is 44.7 Å². The van der Waals surface area contributed by atoms with Crippen molar-refractivity contribution in [3.8, 4) is 0 Å². The molecule has 0 saturated carbocycles. The van der Waals surface area contributed by atoms with Crippen molar-refractivity contribution in [3.05, 3.63) is 77.4 Å². The van der Waals surface area contributed by atoms with E-state index in [0.717, 1.165) is 17.8 Å². The molecule has 27 heavy (non-hydrogen) atoms. The number of hydrogen-bond acceptors (Lipinski definition) is 3. The van der Waals surface area contributed by atoms with Gasteiger partial charge in [-0.2, -0.15) is 5.10 Å². The van der Waals surface area contributed by atoms with Crippen LogP contribution in [0.3, 0.4) is 0 Å². The molecule has 1 amide bonds. The summed E-state index contributed by atoms with van der Waals surface area (Å²) in [5, 5.41) is 4.39. The highest BCUT2D eigenvalue weighted by Crippen LogP contribution is 2.08. The molecule has 0 aliphatic rings. The summed E-state index contributed by atoms with van der Waals surface area (Å²) >= 11 is 0. The molecule has 0 spiro atoms. The van der Waals surface area contributed by atoms with Crippen molar-refractivity contribution in [3.63, 3.8) is 0 Å². The maximum atomic E-state index is 12.3. The Hall–Kier alpha value is -2.43. The molecule has 144 valence electrons. The van der Waals surface area contributed by atoms with Crippen molar-refractivity contribution >= 4 is 30.1 Å². The van der Waals surface area contributed by atoms with E-state index in [4.69, 9.17) is 0 Å². The van der Waals surface area contributed by atoms with Crippen molar-refractivity contribution in [2.45, 2.75) is 13.8 Å². The van der Waals surface area contributed by atoms with Crippen LogP contribution in [0, 0.1) is 12.8 Å². The van der Waals surface area contributed by atoms with Gasteiger partial charge < -0.3 is 4.90 Å². The smallest absolute Gasteiger partial charge is 0.271 e. The third kappa shape index (κ3) is 7.77. The van der Waals surface area contributed by atoms with Crippen LogP contribution >= 0.6 is 12.4 Å². The van der Waals surface area contributed by atoms with E-state index in [-0.39, 0.29) is 24.2 Å². The first-order valence-corrected chi connectivity index (χ1v) is 8.78. The summed E-state index contributed by atoms with van der Waals surface area (Å²) in [5.74, 6) is -0.0216. The summed E-state index contributed by atoms with van der Waals surface area (Å²) in [7, 11) is 4.06. The number of halogens is 1. The number of nitrogens with one attached hydrogen (secondary N) is 1. The van der Waals surface area contributed by atoms with Crippen LogP contribution in [-0.2, 0) is 0 Å². The molecule has 4 nitrogen and oxygen atoms in total. The predicted octanol–water partition coefficient (Wildman–Crippen LogP) is 4.41. The minimum absolute atomic E-state index is 0. The molecule has 2 aromatic carbocycles. The quantitative estimate of drug-likeness (QED) is 0.566. The fourth-order valence-corrected chi connectivity index (χ4v) is 2.58. The molecule has 2 rings (SSSR count). The molecule has 0 radical (unpaired) electrons. The van der Waals surface area contributed by atoms with Crippen LogP contribution in [0.15, 0.2) is 65.8 Å². The number of hydrogen-bond donors (Lipinski definition) is 1. The first-order valence-electron chi connectivity index (χ1n) is 8.78. The normalized spacial score (nSPS) is 12.7. The third-order valence-corrected chi connectivity index (χ3v) is 3.99. The molecule has 1 atom stereocenters. The monoisotopic (exact) mass is 385 g/mol. The van der Waals surface area contributed by atoms with E-state index < -0.39 is 0 Å². The fourth-order valence-electron chi connectivity index (χ4n) is 2.58. The number of carbonyl (C=O) groups excluding carboxylic acids is 1. The van der Waals surface area contributed by atoms with Gasteiger partial charge in [0.1, 0.15) is 0 Å². The van der Waals surface area contributed by atoms with E-state index in [1.165, 1.54) is 5.56 Å². The minimum atomic E-state index is -0.205. The van der Waals surface area contributed by atoms with E-state index >= 15 is 0 Å². The molecule has 0 fully saturated rings. The van der Waals surface area contributed by atoms with Gasteiger partial charge in [-0.15, -0.1) is 12.4 Å². The minimum Gasteiger partial charge on any atom is -0.309 e. The molecule has 0 heterocycles. The van der Waals surface area contributed by atoms with Gasteiger partial charge in [0.05, 0.1) is 5.71 Å². The lowest BCUT2D eigenvalue weighted by Crippen LogP contribution is -2.27. The number of benzene rings is 2. The molecule has 5 heteroatoms. The van der Waals surface area contributed by atoms with E-state index in [2.05, 4.69) is 53.5 Å². The standard InChI is InChI=1S/C22H27N3O.ClH/c1-17-10-12-19(13-11-17)14-15-21(18(2)16-25(3)4)23-24-22(26)20-8-6-5-7-9-20;/h5-15,18H,16H2,1-4H3,(H,24,26);1H/b15-14+,23-21-;. The summed E-state index contributed by atoms with van der Waals surface area (Å²) in [6.45, 7) is 5.02. The first kappa shape index (κ1) is 22.6. The Balaban J connectivity index is 0.00000364. The largest absolute Gasteiger partial charge is 0.309 e. The van der Waals surface area contributed by atoms with Crippen LogP contribution in [-0.4, -0.2) is 37.2 Å². The Kier molecular flexibility index (Phi) is 9.48. The number of amides is 1. The number of allylic oxidation sites excluding steroid dienone is 1. The van der Waals surface area contributed by atoms with Crippen molar-refractivity contribution in [1.82, 2.24) is 10.3 Å². The van der Waals surface area contributed by atoms with Crippen molar-refractivity contribution in [1.29, 1.82) is 0 Å². The average molecular weight is 386 g/mol. The van der Waals surface area contributed by atoms with Gasteiger partial charge in [-0.3, -0.25) is 4.79 Å². The highest BCUT2D eigenvalue weighted by molar-refractivity contribution is 6.01. The zero-order chi connectivity index (χ0) is 18.9. The Morgan fingerprint density at radius 1 is 1.11 bits per heavy atom. The first-order chi connectivity index (χ1) is 12.5. The van der Waals surface area contributed by atoms with Crippen LogP contribution in [0.1, 0.15) is 28.4 Å². The highest BCUT2D eigenvalue weighted by atomic mass is 35.5. The van der Waals surface area contributed by atoms with Gasteiger partial charge in [0.15, 0.2) is 0 Å². The van der Waals surface area contributed by atoms with Crippen LogP contribution in [0.2, 0.25) is 0 Å². The SMILES string of the molecule is Cc1ccc(/C=C/C(=N/NC(=O)c2ccccc2)C(C)CN(C)C)cc1.Cl. The Labute approximate surface area is 168 Å². The number of carbonyl (C=O) groups is 1. The molecule has 1 N–H and O–H groups in total. The second-order valence-electron chi connectivity index (χ2n) is 6.75. The van der Waals surface area contributed by atoms with Gasteiger partial charge in [-0.25, -0.2) is 5.43 Å². The Bertz CT molecular complexity index is 768. The summed E-state index contributed by atoms with van der Waals surface area (Å²) in [6, 6.07) is 17.4. The molecule has 0 aliphatic carbocycles. The summed E-state index contributed by atoms with van der Waals surface area (Å²) in [6.07, 6.45) is 4.00. The van der Waals surface area contributed by atoms with Gasteiger partial charge >= 0.3 is 0 Å². The van der Waals surface area contributed by atoms with E-state index in [0.29, 0.717) is 5.56 Å². The van der Waals surface area contributed by atoms with Crippen molar-refractivity contribution in [2.75, 3.05) is 20.6 Å². The predicted molar refractivity (Wildman–Crippen MR) is 117 cm³/mol. The molecule has 0 aromatic heterocycles. The van der Waals surface area contributed by atoms with E-state index in [9.17, 15) is 4.79 Å². The third-order valence-electron chi connectivity index (χ3n) is 3.99. The highest BCUT2D eigenvalue weighted by Gasteiger charge is 2.11. The lowest BCUT2D eigenvalue weighted by Gasteiger charge is -2.17. The Morgan fingerprint density at radius 2 is 1.74 bits per heavy atom. The second-order valence-corrected chi connectivity index (χ2v) is 6.75. The maximum Gasteiger partial charge on any atom is 0.271 e. The van der Waals surface area contributed by atoms with E-state index in [1.54, 1.807) is 12.1 Å². The number of hydrazone groups is 1. The lowest BCUT2D eigenvalue weighted by atomic mass is 10.0. The van der Waals surface area contributed by atoms with Crippen molar-refractivity contribution in [2.24, 2.45) is 11.0 Å². The molecule has 1 unspecified atom stereocenters. The zero-order valence-electron chi connectivity index (χ0n) is 16.3. The van der Waals surface area contributed by atoms with Crippen molar-refractivity contribution < 1.29 is 4.79 Å². The number of aryl methyl sites for hydroxylation is 1. The van der Waals surface area contributed by atoms with Crippen LogP contribution < -0.4 is 5.43 Å². The van der Waals surface area contributed by atoms with Gasteiger partial charge in [-0.1, -0.05) is 61.0 Å². The van der Waals surface area contributed by atoms with Crippen LogP contribution in [0.4, 0.5) is 0 Å². The molecule has 0 aliphatic heterocycles. The van der Waals surface area contributed by atoms with Crippen LogP contribution in [0.25, 0.3) is 6.08 Å². The van der Waals surface area contributed by atoms with Gasteiger partial charge in [0.25, 0.3) is 5.91 Å². The van der Waals surface area contributed by atoms with Gasteiger partial charge in [-0.05, 0) is 44.8 Å². The molecule has 2 aromatic rings. The Morgan fingerprint density at radius 3 is 2.33 bits per heavy atom. The molecular weight excluding hydrogens is 358 g/mol. The second kappa shape index (κ2) is 11.3. The maximum absolute atomic E-state index is 12.3. The van der Waals surface area contributed by atoms with Gasteiger partial charge in [0, 0.05) is 18.0 Å². The van der Waals surface area contributed by atoms with Gasteiger partial charge in [0.2, 0.25) is 0 Å². The zero-order valence-corrected chi connectivity index (χ0v) is 17.2.